The molecule has 0 saturated carbocycles. The molecule has 0 amide bonds. The van der Waals surface area contributed by atoms with Gasteiger partial charge in [-0.25, -0.2) is 9.13 Å². The molecule has 0 aliphatic heterocycles. The summed E-state index contributed by atoms with van der Waals surface area (Å²) in [4.78, 5) is 58.8. The number of unbranched alkanes of at least 4 members (excludes halogenated alkanes) is 25. The van der Waals surface area contributed by atoms with E-state index in [1.54, 1.807) is 0 Å². The minimum absolute atomic E-state index is 0.0641. The molecule has 0 bridgehead atoms. The van der Waals surface area contributed by atoms with E-state index in [2.05, 4.69) is 203 Å². The van der Waals surface area contributed by atoms with E-state index in [0.29, 0.717) is 19.3 Å². The largest absolute Gasteiger partial charge is 0.472 e. The zero-order valence-electron chi connectivity index (χ0n) is 67.9. The van der Waals surface area contributed by atoms with Gasteiger partial charge < -0.3 is 34.2 Å². The van der Waals surface area contributed by atoms with Crippen LogP contribution in [0.3, 0.4) is 0 Å². The number of phosphoric ester groups is 2. The third kappa shape index (κ3) is 83.4. The second kappa shape index (κ2) is 82.1. The maximum Gasteiger partial charge on any atom is 0.472 e. The molecule has 5 unspecified atom stereocenters. The van der Waals surface area contributed by atoms with Crippen LogP contribution in [0.25, 0.3) is 0 Å². The molecule has 0 aliphatic carbocycles. The van der Waals surface area contributed by atoms with Crippen molar-refractivity contribution in [3.05, 3.63) is 182 Å². The lowest BCUT2D eigenvalue weighted by molar-refractivity contribution is -0.161. The summed E-state index contributed by atoms with van der Waals surface area (Å²) in [5, 5.41) is 20.7. The van der Waals surface area contributed by atoms with Crippen molar-refractivity contribution in [2.45, 2.75) is 334 Å². The molecule has 0 aliphatic rings. The molecule has 0 fully saturated rings. The van der Waals surface area contributed by atoms with Crippen molar-refractivity contribution in [2.75, 3.05) is 39.6 Å². The van der Waals surface area contributed by atoms with Crippen molar-refractivity contribution in [2.24, 2.45) is 0 Å². The predicted molar refractivity (Wildman–Crippen MR) is 454 cm³/mol. The van der Waals surface area contributed by atoms with E-state index in [1.807, 2.05) is 0 Å². The highest BCUT2D eigenvalue weighted by molar-refractivity contribution is 7.47. The first-order chi connectivity index (χ1) is 53.2. The van der Waals surface area contributed by atoms with Gasteiger partial charge in [0.15, 0.2) is 6.10 Å². The Kier molecular flexibility index (Phi) is 78.1. The SMILES string of the molecule is CC/C=C\C/C=C\C/C=C\C/C=C\C/C=C\C/C=C\CCCCCCC(=O)OCC(COP(=O)(O)OCC(O)COP(=O)(O)OCC(O)COC(=O)CCCCCCCCCCCCCCCCCCC/C=C\C/C=C\C/C=C\C/C=C\C/C=C\CC)OC(=O)CCCCCC/C=C\C/C=C\C/C=C\C/C=C\CC. The summed E-state index contributed by atoms with van der Waals surface area (Å²) in [5.41, 5.74) is 0. The standard InChI is InChI=1S/C91H150O16P2/c1-4-7-10-13-16-19-22-25-28-31-33-35-37-38-39-40-41-42-43-44-45-46-48-50-51-54-56-59-62-65-68-71-74-77-89(94)101-80-86(92)81-103-108(97,98)104-82-87(93)83-105-109(99,100)106-85-88(107-91(96)79-76-73-70-67-64-61-58-53-30-27-24-21-18-15-12-9-6-3)84-102-90(95)78-75-72-69-66-63-60-57-55-52-49-47-36-34-32-29-26-23-20-17-14-11-8-5-2/h7-12,16-21,25-30,33-36,38-39,49,52,57-58,60-61,86-88,92-93H,4-6,13-15,22-24,31-32,37,40-48,50-51,53-56,59,62-85H2,1-3H3,(H,97,98)(H,99,100)/b10-7-,11-8-,12-9-,19-16-,20-17-,21-18-,28-25-,29-26-,30-27-,35-33-,36-34-,39-38-,52-49-,60-57-,61-58-. The summed E-state index contributed by atoms with van der Waals surface area (Å²) in [6.07, 6.45) is 107. The van der Waals surface area contributed by atoms with Gasteiger partial charge in [-0.2, -0.15) is 0 Å². The lowest BCUT2D eigenvalue weighted by Crippen LogP contribution is -2.30. The summed E-state index contributed by atoms with van der Waals surface area (Å²) >= 11 is 0. The number of aliphatic hydroxyl groups excluding tert-OH is 2. The Morgan fingerprint density at radius 3 is 0.725 bits per heavy atom. The van der Waals surface area contributed by atoms with Gasteiger partial charge in [-0.05, 0) is 154 Å². The first kappa shape index (κ1) is 104. The van der Waals surface area contributed by atoms with E-state index in [1.165, 1.54) is 89.9 Å². The average Bonchev–Trinajstić information content (AvgIpc) is 0.868. The third-order valence-electron chi connectivity index (χ3n) is 17.1. The van der Waals surface area contributed by atoms with Crippen molar-refractivity contribution < 1.29 is 75.8 Å². The van der Waals surface area contributed by atoms with Crippen LogP contribution in [0.5, 0.6) is 0 Å². The number of esters is 3. The van der Waals surface area contributed by atoms with E-state index in [4.69, 9.17) is 32.3 Å². The van der Waals surface area contributed by atoms with Gasteiger partial charge in [0.05, 0.1) is 26.4 Å². The van der Waals surface area contributed by atoms with Crippen molar-refractivity contribution >= 4 is 33.6 Å². The van der Waals surface area contributed by atoms with Gasteiger partial charge in [-0.15, -0.1) is 0 Å². The van der Waals surface area contributed by atoms with Gasteiger partial charge in [-0.1, -0.05) is 325 Å². The van der Waals surface area contributed by atoms with Gasteiger partial charge in [-0.3, -0.25) is 32.5 Å². The van der Waals surface area contributed by atoms with Gasteiger partial charge in [0.2, 0.25) is 0 Å². The van der Waals surface area contributed by atoms with E-state index < -0.39 is 91.5 Å². The summed E-state index contributed by atoms with van der Waals surface area (Å²) in [6, 6.07) is 0. The van der Waals surface area contributed by atoms with Crippen LogP contribution < -0.4 is 0 Å². The number of rotatable bonds is 78. The maximum absolute atomic E-state index is 13.0. The molecular formula is C91H150O16P2. The van der Waals surface area contributed by atoms with Gasteiger partial charge in [0.1, 0.15) is 25.4 Å². The molecule has 0 rings (SSSR count). The molecule has 0 aromatic carbocycles. The first-order valence-corrected chi connectivity index (χ1v) is 45.1. The van der Waals surface area contributed by atoms with Crippen LogP contribution >= 0.6 is 15.6 Å². The zero-order chi connectivity index (χ0) is 79.4. The van der Waals surface area contributed by atoms with Crippen molar-refractivity contribution in [1.82, 2.24) is 0 Å². The maximum atomic E-state index is 13.0. The fraction of sp³-hybridized carbons (Fsp3) is 0.637. The Labute approximate surface area is 662 Å². The number of carbonyl (C=O) groups excluding carboxylic acids is 3. The molecule has 109 heavy (non-hydrogen) atoms. The molecule has 0 heterocycles. The van der Waals surface area contributed by atoms with Crippen LogP contribution in [0.15, 0.2) is 182 Å². The molecule has 620 valence electrons. The number of hydrogen-bond acceptors (Lipinski definition) is 14. The van der Waals surface area contributed by atoms with E-state index in [9.17, 15) is 43.5 Å². The van der Waals surface area contributed by atoms with E-state index >= 15 is 0 Å². The van der Waals surface area contributed by atoms with Gasteiger partial charge in [0, 0.05) is 19.3 Å². The van der Waals surface area contributed by atoms with Crippen LogP contribution in [-0.4, -0.2) is 95.9 Å². The lowest BCUT2D eigenvalue weighted by atomic mass is 10.0. The summed E-state index contributed by atoms with van der Waals surface area (Å²) < 4.78 is 61.2. The van der Waals surface area contributed by atoms with Crippen molar-refractivity contribution in [1.29, 1.82) is 0 Å². The Bertz CT molecular complexity index is 2710. The highest BCUT2D eigenvalue weighted by Crippen LogP contribution is 2.45. The fourth-order valence-corrected chi connectivity index (χ4v) is 12.4. The number of carbonyl (C=O) groups is 3. The van der Waals surface area contributed by atoms with Crippen LogP contribution in [-0.2, 0) is 55.8 Å². The summed E-state index contributed by atoms with van der Waals surface area (Å²) in [7, 11) is -9.82. The topological polar surface area (TPSA) is 231 Å². The van der Waals surface area contributed by atoms with Crippen LogP contribution in [0.4, 0.5) is 0 Å². The normalized spacial score (nSPS) is 14.8. The Hall–Kier alpha value is -5.35. The average molecular weight is 1560 g/mol. The number of allylic oxidation sites excluding steroid dienone is 30. The van der Waals surface area contributed by atoms with Crippen molar-refractivity contribution in [3.8, 4) is 0 Å². The Morgan fingerprint density at radius 2 is 0.459 bits per heavy atom. The molecule has 16 nitrogen and oxygen atoms in total. The molecule has 0 saturated heterocycles. The smallest absolute Gasteiger partial charge is 0.463 e. The monoisotopic (exact) mass is 1560 g/mol. The van der Waals surface area contributed by atoms with Crippen LogP contribution in [0, 0.1) is 0 Å². The van der Waals surface area contributed by atoms with Crippen molar-refractivity contribution in [3.63, 3.8) is 0 Å². The Morgan fingerprint density at radius 1 is 0.257 bits per heavy atom. The quantitative estimate of drug-likeness (QED) is 0.0146. The number of hydrogen-bond donors (Lipinski definition) is 4. The minimum Gasteiger partial charge on any atom is -0.463 e. The zero-order valence-corrected chi connectivity index (χ0v) is 69.7. The highest BCUT2D eigenvalue weighted by atomic mass is 31.2. The second-order valence-electron chi connectivity index (χ2n) is 27.5. The summed E-state index contributed by atoms with van der Waals surface area (Å²) in [6.45, 7) is 2.28. The molecular weight excluding hydrogens is 1410 g/mol. The van der Waals surface area contributed by atoms with Gasteiger partial charge in [0.25, 0.3) is 0 Å². The predicted octanol–water partition coefficient (Wildman–Crippen LogP) is 25.3. The number of ether oxygens (including phenoxy) is 3. The third-order valence-corrected chi connectivity index (χ3v) is 19.0. The highest BCUT2D eigenvalue weighted by Gasteiger charge is 2.29. The van der Waals surface area contributed by atoms with E-state index in [0.717, 1.165) is 167 Å². The molecule has 5 atom stereocenters. The Balaban J connectivity index is 4.55. The molecule has 4 N–H and O–H groups in total. The molecule has 0 aromatic heterocycles. The summed E-state index contributed by atoms with van der Waals surface area (Å²) in [5.74, 6) is -1.64. The number of phosphoric acid groups is 2. The molecule has 0 radical (unpaired) electrons. The van der Waals surface area contributed by atoms with E-state index in [-0.39, 0.29) is 19.3 Å². The second-order valence-corrected chi connectivity index (χ2v) is 30.4. The molecule has 0 spiro atoms. The number of aliphatic hydroxyl groups is 2. The minimum atomic E-state index is -4.95. The molecule has 0 aromatic rings. The lowest BCUT2D eigenvalue weighted by Gasteiger charge is -2.21. The molecule has 18 heteroatoms. The first-order valence-electron chi connectivity index (χ1n) is 42.1. The van der Waals surface area contributed by atoms with Gasteiger partial charge >= 0.3 is 33.6 Å². The van der Waals surface area contributed by atoms with Crippen LogP contribution in [0.2, 0.25) is 0 Å². The van der Waals surface area contributed by atoms with Crippen LogP contribution in [0.1, 0.15) is 316 Å². The fourth-order valence-electron chi connectivity index (χ4n) is 10.8.